The fourth-order valence-electron chi connectivity index (χ4n) is 2.96. The first-order valence-electron chi connectivity index (χ1n) is 10.3. The average Bonchev–Trinajstić information content (AvgIpc) is 3.30. The molecule has 0 spiro atoms. The number of ether oxygens (including phenoxy) is 2. The highest BCUT2D eigenvalue weighted by atomic mass is 35.5. The molecular weight excluding hydrogens is 498 g/mol. The first-order chi connectivity index (χ1) is 16.8. The van der Waals surface area contributed by atoms with Crippen LogP contribution in [0.5, 0.6) is 5.88 Å². The highest BCUT2D eigenvalue weighted by molar-refractivity contribution is 7.90. The largest absolute Gasteiger partial charge is 0.461 e. The van der Waals surface area contributed by atoms with Crippen molar-refractivity contribution >= 4 is 44.2 Å². The Labute approximate surface area is 205 Å². The lowest BCUT2D eigenvalue weighted by Crippen LogP contribution is -2.37. The Balaban J connectivity index is 1.63. The van der Waals surface area contributed by atoms with Gasteiger partial charge < -0.3 is 14.8 Å². The molecule has 35 heavy (non-hydrogen) atoms. The summed E-state index contributed by atoms with van der Waals surface area (Å²) in [6.07, 6.45) is 4.11. The maximum absolute atomic E-state index is 13.0. The third-order valence-corrected chi connectivity index (χ3v) is 6.08. The molecule has 182 valence electrons. The molecule has 0 saturated carbocycles. The molecule has 0 aliphatic heterocycles. The lowest BCUT2D eigenvalue weighted by molar-refractivity contribution is -0.125. The number of anilines is 1. The lowest BCUT2D eigenvalue weighted by Gasteiger charge is -2.18. The summed E-state index contributed by atoms with van der Waals surface area (Å²) in [5, 5.41) is 10.1. The molecule has 0 aliphatic carbocycles. The van der Waals surface area contributed by atoms with E-state index < -0.39 is 21.8 Å². The Morgan fingerprint density at radius 3 is 2.71 bits per heavy atom. The van der Waals surface area contributed by atoms with Gasteiger partial charge in [0.05, 0.1) is 22.7 Å². The molecule has 0 fully saturated rings. The van der Waals surface area contributed by atoms with Crippen LogP contribution in [-0.4, -0.2) is 70.0 Å². The molecule has 0 bridgehead atoms. The summed E-state index contributed by atoms with van der Waals surface area (Å²) in [6.45, 7) is 2.03. The minimum atomic E-state index is -3.42. The Morgan fingerprint density at radius 2 is 2.03 bits per heavy atom. The summed E-state index contributed by atoms with van der Waals surface area (Å²) >= 11 is 6.25. The summed E-state index contributed by atoms with van der Waals surface area (Å²) in [4.78, 5) is 30.1. The quantitative estimate of drug-likeness (QED) is 0.336. The number of fused-ring (bicyclic) bond motifs is 1. The number of hydrogen-bond donors (Lipinski definition) is 2. The molecular formula is C21H20ClN7O5S. The molecule has 0 radical (unpaired) electrons. The highest BCUT2D eigenvalue weighted by Gasteiger charge is 2.25. The smallest absolute Gasteiger partial charge is 0.269 e. The fourth-order valence-corrected chi connectivity index (χ4v) is 3.72. The topological polar surface area (TPSA) is 162 Å². The minimum absolute atomic E-state index is 0.0293. The van der Waals surface area contributed by atoms with Crippen LogP contribution in [0.15, 0.2) is 47.8 Å². The van der Waals surface area contributed by atoms with Gasteiger partial charge >= 0.3 is 0 Å². The van der Waals surface area contributed by atoms with Crippen LogP contribution in [-0.2, 0) is 19.4 Å². The standard InChI is InChI=1S/C21H20ClN7O5S/c1-3-33-11-15(20(30)26-16-7-6-12(9-24-16)35(2,31)32)34-21-13-10-25-29-18(13)27-19(28-21)17-14(22)5-4-8-23-17/h4-10,15H,3,11H2,1-2H3,(H,24,26,30)(H,25,27,28,29)/t15-/m0/s1. The van der Waals surface area contributed by atoms with Gasteiger partial charge in [-0.15, -0.1) is 0 Å². The molecule has 1 amide bonds. The minimum Gasteiger partial charge on any atom is -0.461 e. The molecule has 4 rings (SSSR count). The zero-order valence-electron chi connectivity index (χ0n) is 18.6. The van der Waals surface area contributed by atoms with E-state index in [0.29, 0.717) is 28.4 Å². The van der Waals surface area contributed by atoms with Crippen LogP contribution < -0.4 is 10.1 Å². The van der Waals surface area contributed by atoms with Crippen molar-refractivity contribution in [3.63, 3.8) is 0 Å². The number of carbonyl (C=O) groups is 1. The van der Waals surface area contributed by atoms with Crippen LogP contribution in [0.3, 0.4) is 0 Å². The Bertz CT molecular complexity index is 1460. The number of nitrogens with one attached hydrogen (secondary N) is 2. The van der Waals surface area contributed by atoms with E-state index in [1.54, 1.807) is 25.3 Å². The van der Waals surface area contributed by atoms with Crippen molar-refractivity contribution in [3.8, 4) is 17.4 Å². The van der Waals surface area contributed by atoms with E-state index >= 15 is 0 Å². The van der Waals surface area contributed by atoms with Crippen molar-refractivity contribution in [1.29, 1.82) is 0 Å². The summed E-state index contributed by atoms with van der Waals surface area (Å²) in [5.74, 6) is -0.188. The van der Waals surface area contributed by atoms with Crippen molar-refractivity contribution in [2.75, 3.05) is 24.8 Å². The van der Waals surface area contributed by atoms with E-state index in [1.807, 2.05) is 0 Å². The van der Waals surface area contributed by atoms with E-state index in [0.717, 1.165) is 12.5 Å². The number of rotatable bonds is 9. The summed E-state index contributed by atoms with van der Waals surface area (Å²) in [6, 6.07) is 6.06. The lowest BCUT2D eigenvalue weighted by atomic mass is 10.3. The molecule has 4 aromatic rings. The molecule has 0 aliphatic rings. The molecule has 0 unspecified atom stereocenters. The van der Waals surface area contributed by atoms with Crippen molar-refractivity contribution in [2.24, 2.45) is 0 Å². The van der Waals surface area contributed by atoms with Gasteiger partial charge in [0.2, 0.25) is 12.0 Å². The highest BCUT2D eigenvalue weighted by Crippen LogP contribution is 2.28. The first-order valence-corrected chi connectivity index (χ1v) is 12.6. The third kappa shape index (κ3) is 5.70. The Morgan fingerprint density at radius 1 is 1.20 bits per heavy atom. The second kappa shape index (κ2) is 10.3. The van der Waals surface area contributed by atoms with Crippen LogP contribution in [0.1, 0.15) is 6.92 Å². The van der Waals surface area contributed by atoms with Crippen LogP contribution >= 0.6 is 11.6 Å². The molecule has 4 aromatic heterocycles. The number of pyridine rings is 2. The van der Waals surface area contributed by atoms with Gasteiger partial charge in [0, 0.05) is 25.3 Å². The Kier molecular flexibility index (Phi) is 7.19. The van der Waals surface area contributed by atoms with Crippen molar-refractivity contribution in [3.05, 3.63) is 47.9 Å². The molecule has 1 atom stereocenters. The monoisotopic (exact) mass is 517 g/mol. The van der Waals surface area contributed by atoms with E-state index in [-0.39, 0.29) is 29.0 Å². The van der Waals surface area contributed by atoms with E-state index in [9.17, 15) is 13.2 Å². The number of nitrogens with zero attached hydrogens (tertiary/aromatic N) is 5. The zero-order valence-corrected chi connectivity index (χ0v) is 20.2. The van der Waals surface area contributed by atoms with Gasteiger partial charge in [-0.2, -0.15) is 10.1 Å². The van der Waals surface area contributed by atoms with Gasteiger partial charge in [0.25, 0.3) is 5.91 Å². The van der Waals surface area contributed by atoms with Crippen molar-refractivity contribution < 1.29 is 22.7 Å². The molecule has 2 N–H and O–H groups in total. The third-order valence-electron chi connectivity index (χ3n) is 4.68. The van der Waals surface area contributed by atoms with Crippen LogP contribution in [0, 0.1) is 0 Å². The first kappa shape index (κ1) is 24.4. The number of halogens is 1. The van der Waals surface area contributed by atoms with Gasteiger partial charge in [0.1, 0.15) is 16.9 Å². The van der Waals surface area contributed by atoms with Crippen molar-refractivity contribution in [1.82, 2.24) is 30.1 Å². The van der Waals surface area contributed by atoms with E-state index in [4.69, 9.17) is 21.1 Å². The van der Waals surface area contributed by atoms with Gasteiger partial charge in [-0.25, -0.2) is 18.4 Å². The second-order valence-corrected chi connectivity index (χ2v) is 9.65. The fraction of sp³-hybridized carbons (Fsp3) is 0.238. The van der Waals surface area contributed by atoms with Gasteiger partial charge in [0.15, 0.2) is 21.3 Å². The average molecular weight is 518 g/mol. The van der Waals surface area contributed by atoms with Crippen LogP contribution in [0.2, 0.25) is 5.02 Å². The summed E-state index contributed by atoms with van der Waals surface area (Å²) in [7, 11) is -3.42. The summed E-state index contributed by atoms with van der Waals surface area (Å²) < 4.78 is 34.7. The number of aromatic nitrogens is 6. The number of H-pyrrole nitrogens is 1. The molecule has 12 nitrogen and oxygen atoms in total. The second-order valence-electron chi connectivity index (χ2n) is 7.22. The maximum atomic E-state index is 13.0. The number of amides is 1. The number of sulfone groups is 1. The van der Waals surface area contributed by atoms with E-state index in [2.05, 4.69) is 35.5 Å². The van der Waals surface area contributed by atoms with E-state index in [1.165, 1.54) is 18.3 Å². The number of hydrogen-bond acceptors (Lipinski definition) is 10. The van der Waals surface area contributed by atoms with Crippen LogP contribution in [0.25, 0.3) is 22.6 Å². The Hall–Kier alpha value is -3.68. The maximum Gasteiger partial charge on any atom is 0.269 e. The summed E-state index contributed by atoms with van der Waals surface area (Å²) in [5.41, 5.74) is 0.691. The normalized spacial score (nSPS) is 12.4. The number of carbonyl (C=O) groups excluding carboxylic acids is 1. The molecule has 14 heteroatoms. The molecule has 4 heterocycles. The van der Waals surface area contributed by atoms with Crippen LogP contribution in [0.4, 0.5) is 5.82 Å². The molecule has 0 aromatic carbocycles. The van der Waals surface area contributed by atoms with Gasteiger partial charge in [-0.1, -0.05) is 11.6 Å². The van der Waals surface area contributed by atoms with Gasteiger partial charge in [-0.05, 0) is 31.2 Å². The van der Waals surface area contributed by atoms with Gasteiger partial charge in [-0.3, -0.25) is 14.9 Å². The molecule has 0 saturated heterocycles. The predicted molar refractivity (Wildman–Crippen MR) is 127 cm³/mol. The predicted octanol–water partition coefficient (Wildman–Crippen LogP) is 2.29. The SMILES string of the molecule is CCOC[C@H](Oc1nc(-c2ncccc2Cl)nc2[nH]ncc12)C(=O)Nc1ccc(S(C)(=O)=O)cn1. The van der Waals surface area contributed by atoms with Crippen molar-refractivity contribution in [2.45, 2.75) is 17.9 Å². The number of aromatic amines is 1. The zero-order chi connectivity index (χ0) is 25.0.